The van der Waals surface area contributed by atoms with Crippen molar-refractivity contribution in [3.63, 3.8) is 0 Å². The SMILES string of the molecule is CC(C)C(C#N)(CCCN1CC2CC1CN2CCOc1ccc(F)cc1)c1ccccc1. The summed E-state index contributed by atoms with van der Waals surface area (Å²) in [4.78, 5) is 5.15. The van der Waals surface area contributed by atoms with Crippen molar-refractivity contribution >= 4 is 0 Å². The lowest BCUT2D eigenvalue weighted by Crippen LogP contribution is -2.47. The highest BCUT2D eigenvalue weighted by atomic mass is 19.1. The van der Waals surface area contributed by atoms with Crippen molar-refractivity contribution in [2.45, 2.75) is 50.6 Å². The number of piperazine rings is 1. The third-order valence-electron chi connectivity index (χ3n) is 7.42. The average molecular weight is 436 g/mol. The highest BCUT2D eigenvalue weighted by Crippen LogP contribution is 2.37. The minimum absolute atomic E-state index is 0.238. The van der Waals surface area contributed by atoms with Crippen LogP contribution in [0.4, 0.5) is 4.39 Å². The van der Waals surface area contributed by atoms with Gasteiger partial charge >= 0.3 is 0 Å². The number of hydrogen-bond acceptors (Lipinski definition) is 4. The number of likely N-dealkylation sites (tertiary alicyclic amines) is 2. The van der Waals surface area contributed by atoms with Crippen molar-refractivity contribution in [3.05, 3.63) is 66.0 Å². The van der Waals surface area contributed by atoms with Crippen LogP contribution in [-0.4, -0.2) is 54.7 Å². The molecule has 2 saturated heterocycles. The number of nitriles is 1. The van der Waals surface area contributed by atoms with E-state index in [1.807, 2.05) is 18.2 Å². The molecule has 4 rings (SSSR count). The quantitative estimate of drug-likeness (QED) is 0.534. The maximum Gasteiger partial charge on any atom is 0.123 e. The standard InChI is InChI=1S/C27H34FN3O/c1-21(2)27(20-29,22-7-4-3-5-8-22)13-6-14-30-18-25-17-24(30)19-31(25)15-16-32-26-11-9-23(28)10-12-26/h3-5,7-12,21,24-25H,6,13-19H2,1-2H3. The predicted molar refractivity (Wildman–Crippen MR) is 125 cm³/mol. The Labute approximate surface area is 191 Å². The van der Waals surface area contributed by atoms with Crippen LogP contribution < -0.4 is 4.74 Å². The zero-order chi connectivity index (χ0) is 22.6. The van der Waals surface area contributed by atoms with Crippen molar-refractivity contribution in [1.82, 2.24) is 9.80 Å². The first-order valence-corrected chi connectivity index (χ1v) is 11.8. The monoisotopic (exact) mass is 435 g/mol. The van der Waals surface area contributed by atoms with Crippen molar-refractivity contribution in [1.29, 1.82) is 5.26 Å². The van der Waals surface area contributed by atoms with E-state index in [0.29, 0.717) is 18.7 Å². The Kier molecular flexibility index (Phi) is 7.13. The molecule has 0 aromatic heterocycles. The summed E-state index contributed by atoms with van der Waals surface area (Å²) < 4.78 is 18.8. The van der Waals surface area contributed by atoms with Gasteiger partial charge < -0.3 is 4.74 Å². The maximum atomic E-state index is 13.0. The molecule has 0 amide bonds. The fourth-order valence-electron chi connectivity index (χ4n) is 5.50. The highest BCUT2D eigenvalue weighted by molar-refractivity contribution is 5.33. The normalized spacial score (nSPS) is 22.7. The lowest BCUT2D eigenvalue weighted by molar-refractivity contribution is 0.110. The van der Waals surface area contributed by atoms with Crippen molar-refractivity contribution < 1.29 is 9.13 Å². The molecule has 0 spiro atoms. The largest absolute Gasteiger partial charge is 0.492 e. The van der Waals surface area contributed by atoms with Gasteiger partial charge in [-0.3, -0.25) is 9.80 Å². The molecule has 2 fully saturated rings. The van der Waals surface area contributed by atoms with Gasteiger partial charge in [-0.05, 0) is 61.6 Å². The van der Waals surface area contributed by atoms with Crippen LogP contribution in [0.5, 0.6) is 5.75 Å². The number of hydrogen-bond donors (Lipinski definition) is 0. The summed E-state index contributed by atoms with van der Waals surface area (Å²) in [5.74, 6) is 0.766. The van der Waals surface area contributed by atoms with Crippen LogP contribution in [0.15, 0.2) is 54.6 Å². The van der Waals surface area contributed by atoms with E-state index in [4.69, 9.17) is 4.74 Å². The summed E-state index contributed by atoms with van der Waals surface area (Å²) in [5.41, 5.74) is 0.733. The summed E-state index contributed by atoms with van der Waals surface area (Å²) in [5, 5.41) is 10.1. The van der Waals surface area contributed by atoms with Gasteiger partial charge in [0.25, 0.3) is 0 Å². The Bertz CT molecular complexity index is 911. The fourth-order valence-corrected chi connectivity index (χ4v) is 5.50. The molecule has 5 heteroatoms. The minimum Gasteiger partial charge on any atom is -0.492 e. The number of rotatable bonds is 10. The first-order chi connectivity index (χ1) is 15.5. The first-order valence-electron chi connectivity index (χ1n) is 11.8. The zero-order valence-electron chi connectivity index (χ0n) is 19.2. The number of benzene rings is 2. The lowest BCUT2D eigenvalue weighted by Gasteiger charge is -2.36. The van der Waals surface area contributed by atoms with Crippen molar-refractivity contribution in [2.24, 2.45) is 5.92 Å². The van der Waals surface area contributed by atoms with Gasteiger partial charge in [0.1, 0.15) is 18.2 Å². The molecule has 0 saturated carbocycles. The number of halogens is 1. The first kappa shape index (κ1) is 22.8. The molecule has 0 N–H and O–H groups in total. The highest BCUT2D eigenvalue weighted by Gasteiger charge is 2.43. The molecule has 0 radical (unpaired) electrons. The van der Waals surface area contributed by atoms with E-state index < -0.39 is 5.41 Å². The molecule has 2 aromatic carbocycles. The van der Waals surface area contributed by atoms with Crippen LogP contribution in [0.2, 0.25) is 0 Å². The Hall–Kier alpha value is -2.42. The second-order valence-corrected chi connectivity index (χ2v) is 9.54. The van der Waals surface area contributed by atoms with Gasteiger partial charge in [-0.25, -0.2) is 4.39 Å². The molecule has 0 aliphatic carbocycles. The van der Waals surface area contributed by atoms with E-state index >= 15 is 0 Å². The molecule has 4 nitrogen and oxygen atoms in total. The van der Waals surface area contributed by atoms with Crippen LogP contribution in [0.3, 0.4) is 0 Å². The predicted octanol–water partition coefficient (Wildman–Crippen LogP) is 4.86. The second-order valence-electron chi connectivity index (χ2n) is 9.54. The molecule has 2 aliphatic rings. The van der Waals surface area contributed by atoms with E-state index in [0.717, 1.165) is 50.3 Å². The van der Waals surface area contributed by atoms with Gasteiger partial charge in [0.15, 0.2) is 0 Å². The van der Waals surface area contributed by atoms with Crippen LogP contribution in [0.25, 0.3) is 0 Å². The Morgan fingerprint density at radius 2 is 1.69 bits per heavy atom. The van der Waals surface area contributed by atoms with Crippen LogP contribution in [0, 0.1) is 23.1 Å². The second kappa shape index (κ2) is 10.0. The van der Waals surface area contributed by atoms with Crippen LogP contribution >= 0.6 is 0 Å². The molecule has 2 heterocycles. The number of nitrogens with zero attached hydrogens (tertiary/aromatic N) is 3. The molecule has 170 valence electrons. The van der Waals surface area contributed by atoms with Crippen molar-refractivity contribution in [3.8, 4) is 11.8 Å². The van der Waals surface area contributed by atoms with Crippen LogP contribution in [0.1, 0.15) is 38.7 Å². The summed E-state index contributed by atoms with van der Waals surface area (Å²) in [7, 11) is 0. The molecular formula is C27H34FN3O. The molecule has 2 bridgehead atoms. The summed E-state index contributed by atoms with van der Waals surface area (Å²) in [6.07, 6.45) is 3.16. The molecule has 3 unspecified atom stereocenters. The van der Waals surface area contributed by atoms with E-state index in [1.54, 1.807) is 12.1 Å². The summed E-state index contributed by atoms with van der Waals surface area (Å²) in [6.45, 7) is 9.12. The molecular weight excluding hydrogens is 401 g/mol. The lowest BCUT2D eigenvalue weighted by atomic mass is 9.70. The van der Waals surface area contributed by atoms with Gasteiger partial charge in [0.05, 0.1) is 11.5 Å². The van der Waals surface area contributed by atoms with Crippen LogP contribution in [-0.2, 0) is 5.41 Å². The minimum atomic E-state index is -0.413. The molecule has 2 aromatic rings. The van der Waals surface area contributed by atoms with E-state index in [9.17, 15) is 9.65 Å². The van der Waals surface area contributed by atoms with Gasteiger partial charge in [-0.2, -0.15) is 5.26 Å². The fraction of sp³-hybridized carbons (Fsp3) is 0.519. The van der Waals surface area contributed by atoms with Gasteiger partial charge in [0, 0.05) is 31.7 Å². The molecule has 2 aliphatic heterocycles. The van der Waals surface area contributed by atoms with E-state index in [-0.39, 0.29) is 11.7 Å². The zero-order valence-corrected chi connectivity index (χ0v) is 19.2. The summed E-state index contributed by atoms with van der Waals surface area (Å²) in [6, 6.07) is 20.4. The van der Waals surface area contributed by atoms with E-state index in [1.165, 1.54) is 18.6 Å². The third kappa shape index (κ3) is 4.82. The maximum absolute atomic E-state index is 13.0. The summed E-state index contributed by atoms with van der Waals surface area (Å²) >= 11 is 0. The van der Waals surface area contributed by atoms with Gasteiger partial charge in [0.2, 0.25) is 0 Å². The Morgan fingerprint density at radius 1 is 1.03 bits per heavy atom. The topological polar surface area (TPSA) is 39.5 Å². The van der Waals surface area contributed by atoms with Crippen molar-refractivity contribution in [2.75, 3.05) is 32.8 Å². The van der Waals surface area contributed by atoms with Gasteiger partial charge in [-0.1, -0.05) is 44.2 Å². The Morgan fingerprint density at radius 3 is 2.28 bits per heavy atom. The number of fused-ring (bicyclic) bond motifs is 2. The third-order valence-corrected chi connectivity index (χ3v) is 7.42. The smallest absolute Gasteiger partial charge is 0.123 e. The molecule has 32 heavy (non-hydrogen) atoms. The van der Waals surface area contributed by atoms with Gasteiger partial charge in [-0.15, -0.1) is 0 Å². The molecule has 3 atom stereocenters. The Balaban J connectivity index is 1.24. The number of ether oxygens (including phenoxy) is 1. The average Bonchev–Trinajstić information content (AvgIpc) is 3.39. The van der Waals surface area contributed by atoms with E-state index in [2.05, 4.69) is 41.8 Å².